The summed E-state index contributed by atoms with van der Waals surface area (Å²) < 4.78 is 10.9. The summed E-state index contributed by atoms with van der Waals surface area (Å²) in [6, 6.07) is 8.50. The van der Waals surface area contributed by atoms with E-state index < -0.39 is 4.92 Å². The van der Waals surface area contributed by atoms with Gasteiger partial charge < -0.3 is 14.8 Å². The van der Waals surface area contributed by atoms with Crippen LogP contribution in [0.1, 0.15) is 18.9 Å². The molecule has 0 aliphatic rings. The van der Waals surface area contributed by atoms with E-state index in [4.69, 9.17) is 9.47 Å². The number of rotatable bonds is 8. The van der Waals surface area contributed by atoms with Crippen molar-refractivity contribution in [3.8, 4) is 11.5 Å². The zero-order chi connectivity index (χ0) is 16.7. The monoisotopic (exact) mass is 317 g/mol. The predicted octanol–water partition coefficient (Wildman–Crippen LogP) is 3.40. The van der Waals surface area contributed by atoms with E-state index in [2.05, 4.69) is 10.3 Å². The van der Waals surface area contributed by atoms with Crippen LogP contribution in [0.25, 0.3) is 0 Å². The fraction of sp³-hybridized carbons (Fsp3) is 0.312. The third-order valence-electron chi connectivity index (χ3n) is 3.13. The second-order valence-electron chi connectivity index (χ2n) is 4.82. The van der Waals surface area contributed by atoms with E-state index >= 15 is 0 Å². The van der Waals surface area contributed by atoms with Crippen molar-refractivity contribution in [1.82, 2.24) is 4.98 Å². The van der Waals surface area contributed by atoms with Crippen LogP contribution in [0.15, 0.2) is 36.5 Å². The molecule has 2 rings (SSSR count). The molecule has 1 aromatic carbocycles. The Morgan fingerprint density at radius 3 is 2.83 bits per heavy atom. The summed E-state index contributed by atoms with van der Waals surface area (Å²) in [5, 5.41) is 13.9. The summed E-state index contributed by atoms with van der Waals surface area (Å²) in [4.78, 5) is 14.5. The Morgan fingerprint density at radius 2 is 2.13 bits per heavy atom. The van der Waals surface area contributed by atoms with Crippen molar-refractivity contribution >= 4 is 11.5 Å². The Morgan fingerprint density at radius 1 is 1.30 bits per heavy atom. The highest BCUT2D eigenvalue weighted by atomic mass is 16.6. The van der Waals surface area contributed by atoms with Crippen LogP contribution in [-0.2, 0) is 6.54 Å². The van der Waals surface area contributed by atoms with Crippen LogP contribution in [0.5, 0.6) is 11.5 Å². The normalized spacial score (nSPS) is 10.2. The molecule has 0 aliphatic heterocycles. The molecule has 23 heavy (non-hydrogen) atoms. The summed E-state index contributed by atoms with van der Waals surface area (Å²) >= 11 is 0. The van der Waals surface area contributed by atoms with Gasteiger partial charge in [0.05, 0.1) is 18.6 Å². The second-order valence-corrected chi connectivity index (χ2v) is 4.82. The van der Waals surface area contributed by atoms with Gasteiger partial charge in [-0.3, -0.25) is 10.1 Å². The van der Waals surface area contributed by atoms with Crippen LogP contribution in [-0.4, -0.2) is 23.6 Å². The lowest BCUT2D eigenvalue weighted by atomic mass is 10.2. The maximum Gasteiger partial charge on any atom is 0.311 e. The topological polar surface area (TPSA) is 86.5 Å². The molecule has 0 atom stereocenters. The van der Waals surface area contributed by atoms with Crippen molar-refractivity contribution in [3.63, 3.8) is 0 Å². The highest BCUT2D eigenvalue weighted by Crippen LogP contribution is 2.29. The van der Waals surface area contributed by atoms with Crippen LogP contribution >= 0.6 is 0 Å². The Bertz CT molecular complexity index is 676. The van der Waals surface area contributed by atoms with Crippen LogP contribution in [0, 0.1) is 10.1 Å². The van der Waals surface area contributed by atoms with E-state index in [-0.39, 0.29) is 11.5 Å². The lowest BCUT2D eigenvalue weighted by molar-refractivity contribution is -0.384. The molecule has 7 heteroatoms. The number of nitro groups is 1. The number of nitrogens with zero attached hydrogens (tertiary/aromatic N) is 2. The maximum absolute atomic E-state index is 11.0. The maximum atomic E-state index is 11.0. The summed E-state index contributed by atoms with van der Waals surface area (Å²) in [5.74, 6) is 1.55. The van der Waals surface area contributed by atoms with E-state index in [9.17, 15) is 10.1 Å². The summed E-state index contributed by atoms with van der Waals surface area (Å²) in [6.45, 7) is 3.04. The molecule has 0 spiro atoms. The standard InChI is InChI=1S/C16H19N3O4/c1-3-9-23-14-7-6-12(10-15(14)22-2)11-18-16-13(19(20)21)5-4-8-17-16/h4-8,10H,3,9,11H2,1-2H3,(H,17,18). The molecule has 0 saturated heterocycles. The van der Waals surface area contributed by atoms with Crippen molar-refractivity contribution in [2.24, 2.45) is 0 Å². The van der Waals surface area contributed by atoms with Crippen molar-refractivity contribution in [2.75, 3.05) is 19.0 Å². The molecule has 122 valence electrons. The molecule has 0 bridgehead atoms. The Kier molecular flexibility index (Phi) is 5.74. The van der Waals surface area contributed by atoms with E-state index in [1.54, 1.807) is 7.11 Å². The number of methoxy groups -OCH3 is 1. The molecular weight excluding hydrogens is 298 g/mol. The minimum atomic E-state index is -0.461. The molecule has 2 aromatic rings. The third-order valence-corrected chi connectivity index (χ3v) is 3.13. The van der Waals surface area contributed by atoms with Crippen molar-refractivity contribution in [2.45, 2.75) is 19.9 Å². The molecule has 0 radical (unpaired) electrons. The quantitative estimate of drug-likeness (QED) is 0.593. The molecule has 1 aromatic heterocycles. The first-order valence-corrected chi connectivity index (χ1v) is 7.28. The molecule has 0 aliphatic carbocycles. The number of anilines is 1. The van der Waals surface area contributed by atoms with Gasteiger partial charge in [0, 0.05) is 18.8 Å². The molecule has 1 N–H and O–H groups in total. The van der Waals surface area contributed by atoms with Gasteiger partial charge in [-0.15, -0.1) is 0 Å². The third kappa shape index (κ3) is 4.32. The first kappa shape index (κ1) is 16.5. The molecule has 7 nitrogen and oxygen atoms in total. The molecule has 1 heterocycles. The molecule has 0 unspecified atom stereocenters. The summed E-state index contributed by atoms with van der Waals surface area (Å²) in [7, 11) is 1.58. The SMILES string of the molecule is CCCOc1ccc(CNc2ncccc2[N+](=O)[O-])cc1OC. The first-order valence-electron chi connectivity index (χ1n) is 7.28. The van der Waals surface area contributed by atoms with E-state index in [1.807, 2.05) is 25.1 Å². The lowest BCUT2D eigenvalue weighted by Gasteiger charge is -2.12. The summed E-state index contributed by atoms with van der Waals surface area (Å²) in [5.41, 5.74) is 0.855. The van der Waals surface area contributed by atoms with E-state index in [0.717, 1.165) is 12.0 Å². The average Bonchev–Trinajstić information content (AvgIpc) is 2.58. The molecular formula is C16H19N3O4. The van der Waals surface area contributed by atoms with Gasteiger partial charge in [-0.2, -0.15) is 0 Å². The number of pyridine rings is 1. The molecule has 0 amide bonds. The number of hydrogen-bond acceptors (Lipinski definition) is 6. The fourth-order valence-electron chi connectivity index (χ4n) is 2.02. The van der Waals surface area contributed by atoms with Crippen LogP contribution in [0.4, 0.5) is 11.5 Å². The van der Waals surface area contributed by atoms with Gasteiger partial charge in [-0.05, 0) is 30.2 Å². The predicted molar refractivity (Wildman–Crippen MR) is 87.0 cm³/mol. The smallest absolute Gasteiger partial charge is 0.311 e. The number of hydrogen-bond donors (Lipinski definition) is 1. The number of nitrogens with one attached hydrogen (secondary N) is 1. The fourth-order valence-corrected chi connectivity index (χ4v) is 2.02. The van der Waals surface area contributed by atoms with Crippen molar-refractivity contribution in [1.29, 1.82) is 0 Å². The number of ether oxygens (including phenoxy) is 2. The van der Waals surface area contributed by atoms with Crippen LogP contribution in [0.3, 0.4) is 0 Å². The Balaban J connectivity index is 2.10. The van der Waals surface area contributed by atoms with Crippen molar-refractivity contribution in [3.05, 3.63) is 52.2 Å². The molecule has 0 fully saturated rings. The van der Waals surface area contributed by atoms with E-state index in [1.165, 1.54) is 18.3 Å². The highest BCUT2D eigenvalue weighted by molar-refractivity contribution is 5.55. The average molecular weight is 317 g/mol. The highest BCUT2D eigenvalue weighted by Gasteiger charge is 2.14. The van der Waals surface area contributed by atoms with Gasteiger partial charge in [0.25, 0.3) is 0 Å². The minimum absolute atomic E-state index is 0.0534. The lowest BCUT2D eigenvalue weighted by Crippen LogP contribution is -2.05. The first-order chi connectivity index (χ1) is 11.2. The van der Waals surface area contributed by atoms with Gasteiger partial charge in [-0.25, -0.2) is 4.98 Å². The van der Waals surface area contributed by atoms with E-state index in [0.29, 0.717) is 24.7 Å². The zero-order valence-corrected chi connectivity index (χ0v) is 13.1. The van der Waals surface area contributed by atoms with Gasteiger partial charge >= 0.3 is 5.69 Å². The minimum Gasteiger partial charge on any atom is -0.493 e. The Labute approximate surface area is 134 Å². The zero-order valence-electron chi connectivity index (χ0n) is 13.1. The van der Waals surface area contributed by atoms with Crippen LogP contribution in [0.2, 0.25) is 0 Å². The largest absolute Gasteiger partial charge is 0.493 e. The van der Waals surface area contributed by atoms with Gasteiger partial charge in [0.15, 0.2) is 11.5 Å². The Hall–Kier alpha value is -2.83. The van der Waals surface area contributed by atoms with Crippen LogP contribution < -0.4 is 14.8 Å². The second kappa shape index (κ2) is 7.98. The van der Waals surface area contributed by atoms with Gasteiger partial charge in [0.2, 0.25) is 5.82 Å². The molecule has 0 saturated carbocycles. The van der Waals surface area contributed by atoms with Crippen molar-refractivity contribution < 1.29 is 14.4 Å². The number of aromatic nitrogens is 1. The number of benzene rings is 1. The van der Waals surface area contributed by atoms with Gasteiger partial charge in [-0.1, -0.05) is 13.0 Å². The summed E-state index contributed by atoms with van der Waals surface area (Å²) in [6.07, 6.45) is 2.42. The van der Waals surface area contributed by atoms with Gasteiger partial charge in [0.1, 0.15) is 0 Å².